The zero-order valence-corrected chi connectivity index (χ0v) is 8.73. The zero-order chi connectivity index (χ0) is 11.1. The first kappa shape index (κ1) is 11.3. The predicted octanol–water partition coefficient (Wildman–Crippen LogP) is 2.18. The maximum Gasteiger partial charge on any atom is 0.333 e. The van der Waals surface area contributed by atoms with Gasteiger partial charge in [0.15, 0.2) is 0 Å². The Kier molecular flexibility index (Phi) is 4.41. The minimum atomic E-state index is -0.383. The fourth-order valence-electron chi connectivity index (χ4n) is 1.06. The average molecular weight is 206 g/mol. The van der Waals surface area contributed by atoms with E-state index in [1.54, 1.807) is 0 Å². The number of hydrogen-bond acceptors (Lipinski definition) is 3. The molecule has 0 aliphatic heterocycles. The third-order valence-electron chi connectivity index (χ3n) is 1.89. The van der Waals surface area contributed by atoms with E-state index in [9.17, 15) is 4.79 Å². The van der Waals surface area contributed by atoms with Crippen molar-refractivity contribution in [2.75, 3.05) is 13.7 Å². The number of carbonyl (C=O) groups excluding carboxylic acids is 1. The maximum absolute atomic E-state index is 11.0. The Morgan fingerprint density at radius 1 is 1.33 bits per heavy atom. The lowest BCUT2D eigenvalue weighted by Gasteiger charge is -2.06. The molecule has 0 fully saturated rings. The highest BCUT2D eigenvalue weighted by Gasteiger charge is 2.05. The third kappa shape index (κ3) is 3.85. The summed E-state index contributed by atoms with van der Waals surface area (Å²) in [7, 11) is 1.34. The minimum Gasteiger partial charge on any atom is -0.493 e. The number of para-hydroxylation sites is 1. The van der Waals surface area contributed by atoms with E-state index in [1.165, 1.54) is 7.11 Å². The summed E-state index contributed by atoms with van der Waals surface area (Å²) < 4.78 is 9.92. The first-order chi connectivity index (χ1) is 7.24. The van der Waals surface area contributed by atoms with Crippen molar-refractivity contribution in [1.82, 2.24) is 0 Å². The molecule has 3 nitrogen and oxygen atoms in total. The second-order valence-electron chi connectivity index (χ2n) is 3.01. The molecular weight excluding hydrogens is 192 g/mol. The largest absolute Gasteiger partial charge is 0.493 e. The van der Waals surface area contributed by atoms with Crippen molar-refractivity contribution in [1.29, 1.82) is 0 Å². The van der Waals surface area contributed by atoms with Crippen molar-refractivity contribution in [3.05, 3.63) is 42.5 Å². The molecule has 0 unspecified atom stereocenters. The molecular formula is C12H14O3. The van der Waals surface area contributed by atoms with Gasteiger partial charge in [0.25, 0.3) is 0 Å². The van der Waals surface area contributed by atoms with E-state index < -0.39 is 0 Å². The van der Waals surface area contributed by atoms with Crippen molar-refractivity contribution in [2.24, 2.45) is 0 Å². The number of benzene rings is 1. The molecule has 15 heavy (non-hydrogen) atoms. The summed E-state index contributed by atoms with van der Waals surface area (Å²) in [6, 6.07) is 9.43. The standard InChI is InChI=1S/C12H14O3/c1-10(12(13)14-2)8-9-15-11-6-4-3-5-7-11/h3-7H,1,8-9H2,2H3. The van der Waals surface area contributed by atoms with Crippen molar-refractivity contribution in [3.63, 3.8) is 0 Å². The Labute approximate surface area is 89.3 Å². The van der Waals surface area contributed by atoms with Gasteiger partial charge in [-0.3, -0.25) is 0 Å². The minimum absolute atomic E-state index is 0.383. The Hall–Kier alpha value is -1.77. The average Bonchev–Trinajstić information content (AvgIpc) is 2.29. The van der Waals surface area contributed by atoms with Gasteiger partial charge in [-0.25, -0.2) is 4.79 Å². The summed E-state index contributed by atoms with van der Waals surface area (Å²) in [6.45, 7) is 4.03. The lowest BCUT2D eigenvalue weighted by molar-refractivity contribution is -0.136. The molecule has 0 aliphatic carbocycles. The lowest BCUT2D eigenvalue weighted by atomic mass is 10.2. The molecule has 0 saturated heterocycles. The van der Waals surface area contributed by atoms with Crippen molar-refractivity contribution in [3.8, 4) is 5.75 Å². The number of ether oxygens (including phenoxy) is 2. The second-order valence-corrected chi connectivity index (χ2v) is 3.01. The first-order valence-electron chi connectivity index (χ1n) is 4.68. The maximum atomic E-state index is 11.0. The summed E-state index contributed by atoms with van der Waals surface area (Å²) in [5.41, 5.74) is 0.424. The Balaban J connectivity index is 2.28. The monoisotopic (exact) mass is 206 g/mol. The van der Waals surface area contributed by atoms with Gasteiger partial charge in [-0.2, -0.15) is 0 Å². The lowest BCUT2D eigenvalue weighted by Crippen LogP contribution is -2.07. The van der Waals surface area contributed by atoms with Crippen LogP contribution in [0.1, 0.15) is 6.42 Å². The predicted molar refractivity (Wildman–Crippen MR) is 57.7 cm³/mol. The number of carbonyl (C=O) groups is 1. The molecule has 0 amide bonds. The van der Waals surface area contributed by atoms with E-state index in [0.29, 0.717) is 18.6 Å². The van der Waals surface area contributed by atoms with E-state index in [2.05, 4.69) is 11.3 Å². The third-order valence-corrected chi connectivity index (χ3v) is 1.89. The van der Waals surface area contributed by atoms with Gasteiger partial charge < -0.3 is 9.47 Å². The van der Waals surface area contributed by atoms with E-state index in [4.69, 9.17) is 4.74 Å². The molecule has 0 spiro atoms. The topological polar surface area (TPSA) is 35.5 Å². The Morgan fingerprint density at radius 3 is 2.60 bits per heavy atom. The highest BCUT2D eigenvalue weighted by atomic mass is 16.5. The number of rotatable bonds is 5. The summed E-state index contributed by atoms with van der Waals surface area (Å²) in [5, 5.41) is 0. The molecule has 0 N–H and O–H groups in total. The van der Waals surface area contributed by atoms with E-state index in [-0.39, 0.29) is 5.97 Å². The van der Waals surface area contributed by atoms with E-state index in [1.807, 2.05) is 30.3 Å². The quantitative estimate of drug-likeness (QED) is 0.547. The molecule has 0 radical (unpaired) electrons. The molecule has 0 saturated carbocycles. The van der Waals surface area contributed by atoms with Gasteiger partial charge >= 0.3 is 5.97 Å². The molecule has 1 rings (SSSR count). The van der Waals surface area contributed by atoms with Crippen LogP contribution in [0.3, 0.4) is 0 Å². The van der Waals surface area contributed by atoms with E-state index in [0.717, 1.165) is 5.75 Å². The molecule has 0 heterocycles. The summed E-state index contributed by atoms with van der Waals surface area (Å²) in [5.74, 6) is 0.404. The summed E-state index contributed by atoms with van der Waals surface area (Å²) in [6.07, 6.45) is 0.474. The first-order valence-corrected chi connectivity index (χ1v) is 4.68. The normalized spacial score (nSPS) is 9.40. The highest BCUT2D eigenvalue weighted by Crippen LogP contribution is 2.09. The molecule has 1 aromatic rings. The van der Waals surface area contributed by atoms with Gasteiger partial charge in [-0.1, -0.05) is 24.8 Å². The Bertz CT molecular complexity index is 330. The van der Waals surface area contributed by atoms with Crippen molar-refractivity contribution < 1.29 is 14.3 Å². The smallest absolute Gasteiger partial charge is 0.333 e. The molecule has 3 heteroatoms. The van der Waals surface area contributed by atoms with Crippen LogP contribution in [0.2, 0.25) is 0 Å². The van der Waals surface area contributed by atoms with Crippen LogP contribution in [0, 0.1) is 0 Å². The van der Waals surface area contributed by atoms with Crippen LogP contribution in [0.4, 0.5) is 0 Å². The molecule has 0 atom stereocenters. The molecule has 1 aromatic carbocycles. The molecule has 0 aliphatic rings. The SMILES string of the molecule is C=C(CCOc1ccccc1)C(=O)OC. The van der Waals surface area contributed by atoms with E-state index >= 15 is 0 Å². The fraction of sp³-hybridized carbons (Fsp3) is 0.250. The van der Waals surface area contributed by atoms with Crippen LogP contribution < -0.4 is 4.74 Å². The summed E-state index contributed by atoms with van der Waals surface area (Å²) >= 11 is 0. The number of hydrogen-bond donors (Lipinski definition) is 0. The van der Waals surface area contributed by atoms with Crippen molar-refractivity contribution >= 4 is 5.97 Å². The van der Waals surface area contributed by atoms with Gasteiger partial charge in [-0.15, -0.1) is 0 Å². The van der Waals surface area contributed by atoms with Gasteiger partial charge in [0, 0.05) is 12.0 Å². The molecule has 0 bridgehead atoms. The fourth-order valence-corrected chi connectivity index (χ4v) is 1.06. The van der Waals surface area contributed by atoms with Crippen LogP contribution >= 0.6 is 0 Å². The van der Waals surface area contributed by atoms with Crippen LogP contribution in [-0.4, -0.2) is 19.7 Å². The molecule has 80 valence electrons. The van der Waals surface area contributed by atoms with Gasteiger partial charge in [0.2, 0.25) is 0 Å². The highest BCUT2D eigenvalue weighted by molar-refractivity contribution is 5.87. The zero-order valence-electron chi connectivity index (χ0n) is 8.73. The van der Waals surface area contributed by atoms with Gasteiger partial charge in [0.05, 0.1) is 13.7 Å². The van der Waals surface area contributed by atoms with Gasteiger partial charge in [-0.05, 0) is 12.1 Å². The van der Waals surface area contributed by atoms with Crippen LogP contribution in [-0.2, 0) is 9.53 Å². The molecule has 0 aromatic heterocycles. The second kappa shape index (κ2) is 5.86. The van der Waals surface area contributed by atoms with Crippen LogP contribution in [0.15, 0.2) is 42.5 Å². The Morgan fingerprint density at radius 2 is 2.00 bits per heavy atom. The number of esters is 1. The van der Waals surface area contributed by atoms with Crippen LogP contribution in [0.25, 0.3) is 0 Å². The van der Waals surface area contributed by atoms with Crippen LogP contribution in [0.5, 0.6) is 5.75 Å². The summed E-state index contributed by atoms with van der Waals surface area (Å²) in [4.78, 5) is 11.0. The van der Waals surface area contributed by atoms with Gasteiger partial charge in [0.1, 0.15) is 5.75 Å². The number of methoxy groups -OCH3 is 1. The van der Waals surface area contributed by atoms with Crippen molar-refractivity contribution in [2.45, 2.75) is 6.42 Å².